The Balaban J connectivity index is 1.75. The van der Waals surface area contributed by atoms with Crippen molar-refractivity contribution in [2.75, 3.05) is 12.3 Å². The smallest absolute Gasteiger partial charge is 0.168 e. The Morgan fingerprint density at radius 1 is 1.32 bits per heavy atom. The average Bonchev–Trinajstić information content (AvgIpc) is 3.38. The number of hydrogen-bond acceptors (Lipinski definition) is 9. The van der Waals surface area contributed by atoms with Crippen LogP contribution in [0.25, 0.3) is 22.7 Å². The number of unbranched alkanes of at least 4 members (excludes halogenated alkanes) is 2. The van der Waals surface area contributed by atoms with E-state index in [2.05, 4.69) is 32.2 Å². The van der Waals surface area contributed by atoms with Crippen molar-refractivity contribution >= 4 is 17.0 Å². The van der Waals surface area contributed by atoms with Crippen LogP contribution in [0.1, 0.15) is 38.8 Å². The quantitative estimate of drug-likeness (QED) is 0.491. The number of imidazole rings is 1. The lowest BCUT2D eigenvalue weighted by Gasteiger charge is -2.15. The molecule has 1 saturated heterocycles. The van der Waals surface area contributed by atoms with Gasteiger partial charge in [-0.05, 0) is 6.42 Å². The number of aliphatic hydroxyl groups excluding tert-OH is 2. The number of hydrogen-bond donors (Lipinski definition) is 3. The molecule has 0 bridgehead atoms. The number of nitrogens with two attached hydrogens (primary N) is 1. The first-order chi connectivity index (χ1) is 13.6. The van der Waals surface area contributed by atoms with E-state index in [1.54, 1.807) is 9.25 Å². The van der Waals surface area contributed by atoms with E-state index in [0.29, 0.717) is 22.7 Å². The van der Waals surface area contributed by atoms with Gasteiger partial charge in [0.25, 0.3) is 0 Å². The van der Waals surface area contributed by atoms with Crippen molar-refractivity contribution in [3.8, 4) is 11.5 Å². The van der Waals surface area contributed by atoms with Crippen molar-refractivity contribution in [2.45, 2.75) is 57.6 Å². The van der Waals surface area contributed by atoms with Crippen LogP contribution >= 0.6 is 0 Å². The average molecular weight is 388 g/mol. The minimum atomic E-state index is -0.788. The topological polar surface area (TPSA) is 150 Å². The number of aliphatic hydroxyl groups is 2. The molecule has 0 spiro atoms. The van der Waals surface area contributed by atoms with Gasteiger partial charge >= 0.3 is 0 Å². The highest BCUT2D eigenvalue weighted by Gasteiger charge is 2.37. The number of nitrogen functional groups attached to an aromatic ring is 1. The number of rotatable bonds is 7. The fraction of sp³-hybridized carbons (Fsp3) is 0.588. The number of fused-ring (bicyclic) bond motifs is 1. The van der Waals surface area contributed by atoms with Crippen molar-refractivity contribution in [1.82, 2.24) is 34.5 Å². The standard InChI is InChI=1S/C17H24N8O3/c1-2-3-4-5-24-7-10(22-23-24)16-21-14-15(18)19-9-20-17(14)25(16)13-6-11(27)12(8-26)28-13/h7,9,11-13,26-27H,2-6,8H2,1H3,(H2,18,19,20)/t11-,12+,13+/m0/s1. The van der Waals surface area contributed by atoms with Gasteiger partial charge in [0.1, 0.15) is 24.4 Å². The van der Waals surface area contributed by atoms with Crippen molar-refractivity contribution in [3.05, 3.63) is 12.5 Å². The van der Waals surface area contributed by atoms with Gasteiger partial charge < -0.3 is 20.7 Å². The highest BCUT2D eigenvalue weighted by atomic mass is 16.5. The molecule has 11 nitrogen and oxygen atoms in total. The Hall–Kier alpha value is -2.63. The Morgan fingerprint density at radius 2 is 2.18 bits per heavy atom. The molecule has 0 unspecified atom stereocenters. The minimum absolute atomic E-state index is 0.248. The lowest BCUT2D eigenvalue weighted by Crippen LogP contribution is -2.24. The van der Waals surface area contributed by atoms with Crippen LogP contribution in [0.4, 0.5) is 5.82 Å². The fourth-order valence-corrected chi connectivity index (χ4v) is 3.45. The molecule has 11 heteroatoms. The van der Waals surface area contributed by atoms with Crippen molar-refractivity contribution in [1.29, 1.82) is 0 Å². The van der Waals surface area contributed by atoms with Gasteiger partial charge in [-0.3, -0.25) is 9.25 Å². The molecule has 1 aliphatic heterocycles. The summed E-state index contributed by atoms with van der Waals surface area (Å²) >= 11 is 0. The molecule has 0 radical (unpaired) electrons. The molecule has 4 heterocycles. The van der Waals surface area contributed by atoms with Crippen LogP contribution in [0.3, 0.4) is 0 Å². The zero-order valence-corrected chi connectivity index (χ0v) is 15.6. The largest absolute Gasteiger partial charge is 0.394 e. The highest BCUT2D eigenvalue weighted by molar-refractivity contribution is 5.84. The van der Waals surface area contributed by atoms with Crippen molar-refractivity contribution in [3.63, 3.8) is 0 Å². The molecular weight excluding hydrogens is 364 g/mol. The first kappa shape index (κ1) is 18.7. The van der Waals surface area contributed by atoms with E-state index >= 15 is 0 Å². The normalized spacial score (nSPS) is 22.3. The number of anilines is 1. The molecule has 1 aliphatic rings. The molecular formula is C17H24N8O3. The number of nitrogens with zero attached hydrogens (tertiary/aromatic N) is 7. The number of aryl methyl sites for hydroxylation is 1. The number of ether oxygens (including phenoxy) is 1. The van der Waals surface area contributed by atoms with Crippen LogP contribution in [-0.2, 0) is 11.3 Å². The van der Waals surface area contributed by atoms with Gasteiger partial charge in [0.15, 0.2) is 22.8 Å². The van der Waals surface area contributed by atoms with E-state index in [1.807, 2.05) is 6.20 Å². The maximum atomic E-state index is 10.2. The van der Waals surface area contributed by atoms with Crippen LogP contribution in [0.5, 0.6) is 0 Å². The summed E-state index contributed by atoms with van der Waals surface area (Å²) in [5, 5.41) is 28.0. The van der Waals surface area contributed by atoms with Gasteiger partial charge in [-0.1, -0.05) is 25.0 Å². The second-order valence-corrected chi connectivity index (χ2v) is 6.93. The summed E-state index contributed by atoms with van der Waals surface area (Å²) in [5.74, 6) is 0.734. The Kier molecular flexibility index (Phi) is 5.20. The summed E-state index contributed by atoms with van der Waals surface area (Å²) in [6.07, 6.45) is 4.72. The predicted octanol–water partition coefficient (Wildman–Crippen LogP) is 0.498. The van der Waals surface area contributed by atoms with Crippen LogP contribution in [0.2, 0.25) is 0 Å². The summed E-state index contributed by atoms with van der Waals surface area (Å²) in [6, 6.07) is 0. The third-order valence-electron chi connectivity index (χ3n) is 4.94. The Labute approximate surface area is 161 Å². The second kappa shape index (κ2) is 7.78. The Bertz CT molecular complexity index is 955. The highest BCUT2D eigenvalue weighted by Crippen LogP contribution is 2.35. The third-order valence-corrected chi connectivity index (χ3v) is 4.94. The second-order valence-electron chi connectivity index (χ2n) is 6.93. The Morgan fingerprint density at radius 3 is 2.93 bits per heavy atom. The van der Waals surface area contributed by atoms with Gasteiger partial charge in [-0.25, -0.2) is 15.0 Å². The van der Waals surface area contributed by atoms with E-state index in [9.17, 15) is 10.2 Å². The molecule has 4 rings (SSSR count). The van der Waals surface area contributed by atoms with Gasteiger partial charge in [0.05, 0.1) is 18.9 Å². The van der Waals surface area contributed by atoms with Gasteiger partial charge in [0, 0.05) is 13.0 Å². The monoisotopic (exact) mass is 388 g/mol. The van der Waals surface area contributed by atoms with Crippen molar-refractivity contribution in [2.24, 2.45) is 0 Å². The summed E-state index contributed by atoms with van der Waals surface area (Å²) in [7, 11) is 0. The maximum absolute atomic E-state index is 10.2. The number of aromatic nitrogens is 7. The van der Waals surface area contributed by atoms with E-state index < -0.39 is 18.4 Å². The summed E-state index contributed by atoms with van der Waals surface area (Å²) in [4.78, 5) is 12.9. The molecule has 150 valence electrons. The molecule has 0 amide bonds. The van der Waals surface area contributed by atoms with Crippen LogP contribution in [0.15, 0.2) is 12.5 Å². The van der Waals surface area contributed by atoms with Crippen LogP contribution in [-0.4, -0.2) is 63.5 Å². The molecule has 1 fully saturated rings. The SMILES string of the molecule is CCCCCn1cc(-c2nc3c(N)ncnc3n2[C@H]2C[C@H](O)[C@@H](CO)O2)nn1. The predicted molar refractivity (Wildman–Crippen MR) is 99.9 cm³/mol. The molecule has 3 aromatic rings. The zero-order chi connectivity index (χ0) is 19.7. The van der Waals surface area contributed by atoms with Crippen molar-refractivity contribution < 1.29 is 14.9 Å². The van der Waals surface area contributed by atoms with Gasteiger partial charge in [-0.2, -0.15) is 0 Å². The van der Waals surface area contributed by atoms with Crippen LogP contribution < -0.4 is 5.73 Å². The fourth-order valence-electron chi connectivity index (χ4n) is 3.45. The summed E-state index contributed by atoms with van der Waals surface area (Å²) in [6.45, 7) is 2.65. The van der Waals surface area contributed by atoms with E-state index in [0.717, 1.165) is 25.8 Å². The first-order valence-electron chi connectivity index (χ1n) is 9.45. The molecule has 4 N–H and O–H groups in total. The van der Waals surface area contributed by atoms with E-state index in [1.165, 1.54) is 6.33 Å². The van der Waals surface area contributed by atoms with Crippen LogP contribution in [0, 0.1) is 0 Å². The molecule has 0 aromatic carbocycles. The first-order valence-corrected chi connectivity index (χ1v) is 9.45. The van der Waals surface area contributed by atoms with Gasteiger partial charge in [0.2, 0.25) is 0 Å². The van der Waals surface area contributed by atoms with E-state index in [-0.39, 0.29) is 18.8 Å². The minimum Gasteiger partial charge on any atom is -0.394 e. The summed E-state index contributed by atoms with van der Waals surface area (Å²) in [5.41, 5.74) is 7.46. The zero-order valence-electron chi connectivity index (χ0n) is 15.6. The molecule has 3 aromatic heterocycles. The maximum Gasteiger partial charge on any atom is 0.168 e. The molecule has 0 aliphatic carbocycles. The van der Waals surface area contributed by atoms with E-state index in [4.69, 9.17) is 10.5 Å². The van der Waals surface area contributed by atoms with Gasteiger partial charge in [-0.15, -0.1) is 5.10 Å². The summed E-state index contributed by atoms with van der Waals surface area (Å²) < 4.78 is 9.36. The molecule has 3 atom stereocenters. The lowest BCUT2D eigenvalue weighted by molar-refractivity contribution is -0.0427. The molecule has 28 heavy (non-hydrogen) atoms. The third kappa shape index (κ3) is 3.32. The molecule has 0 saturated carbocycles. The lowest BCUT2D eigenvalue weighted by atomic mass is 10.2.